The number of ether oxygens (including phenoxy) is 1. The minimum atomic E-state index is -0.794. The van der Waals surface area contributed by atoms with Crippen LogP contribution in [0.2, 0.25) is 0 Å². The van der Waals surface area contributed by atoms with Crippen LogP contribution in [-0.2, 0) is 19.1 Å². The monoisotopic (exact) mass is 299 g/mol. The molecule has 0 atom stereocenters. The summed E-state index contributed by atoms with van der Waals surface area (Å²) >= 11 is 3.25. The van der Waals surface area contributed by atoms with E-state index in [2.05, 4.69) is 20.7 Å². The Balaban J connectivity index is 2.97. The Labute approximate surface area is 106 Å². The minimum absolute atomic E-state index is 0.158. The van der Waals surface area contributed by atoms with Crippen molar-refractivity contribution < 1.29 is 19.1 Å². The number of carbonyl (C=O) groups excluding carboxylic acids is 3. The number of nitrogens with zero attached hydrogens (tertiary/aromatic N) is 1. The molecule has 0 fully saturated rings. The van der Waals surface area contributed by atoms with Gasteiger partial charge in [-0.25, -0.2) is 0 Å². The molecule has 90 valence electrons. The van der Waals surface area contributed by atoms with Gasteiger partial charge in [0.2, 0.25) is 6.29 Å². The highest BCUT2D eigenvalue weighted by atomic mass is 79.9. The second-order valence-electron chi connectivity index (χ2n) is 3.09. The Hall–Kier alpha value is -1.69. The maximum absolute atomic E-state index is 11.4. The van der Waals surface area contributed by atoms with Gasteiger partial charge in [0.05, 0.1) is 7.11 Å². The molecule has 1 amide bonds. The second-order valence-corrected chi connectivity index (χ2v) is 4.01. The lowest BCUT2D eigenvalue weighted by Gasteiger charge is -2.18. The van der Waals surface area contributed by atoms with E-state index in [9.17, 15) is 14.4 Å². The average molecular weight is 300 g/mol. The highest BCUT2D eigenvalue weighted by Crippen LogP contribution is 2.18. The zero-order chi connectivity index (χ0) is 12.8. The van der Waals surface area contributed by atoms with E-state index in [1.807, 2.05) is 0 Å². The van der Waals surface area contributed by atoms with Crippen molar-refractivity contribution in [1.82, 2.24) is 0 Å². The lowest BCUT2D eigenvalue weighted by atomic mass is 10.3. The van der Waals surface area contributed by atoms with Gasteiger partial charge < -0.3 is 4.74 Å². The van der Waals surface area contributed by atoms with Gasteiger partial charge in [0.1, 0.15) is 6.54 Å². The molecule has 0 radical (unpaired) electrons. The molecular formula is C11H10BrNO4. The number of hydrogen-bond donors (Lipinski definition) is 0. The zero-order valence-electron chi connectivity index (χ0n) is 9.05. The Morgan fingerprint density at radius 2 is 1.94 bits per heavy atom. The summed E-state index contributed by atoms with van der Waals surface area (Å²) in [4.78, 5) is 34.1. The van der Waals surface area contributed by atoms with Crippen LogP contribution >= 0.6 is 15.9 Å². The lowest BCUT2D eigenvalue weighted by molar-refractivity contribution is -0.140. The molecule has 0 aliphatic rings. The highest BCUT2D eigenvalue weighted by molar-refractivity contribution is 9.10. The van der Waals surface area contributed by atoms with E-state index >= 15 is 0 Å². The van der Waals surface area contributed by atoms with Gasteiger partial charge in [0, 0.05) is 10.2 Å². The molecule has 6 heteroatoms. The summed E-state index contributed by atoms with van der Waals surface area (Å²) in [5, 5.41) is 0. The fourth-order valence-electron chi connectivity index (χ4n) is 1.17. The largest absolute Gasteiger partial charge is 0.468 e. The quantitative estimate of drug-likeness (QED) is 0.475. The number of anilines is 1. The number of rotatable bonds is 4. The van der Waals surface area contributed by atoms with Gasteiger partial charge in [0.25, 0.3) is 5.91 Å². The molecule has 0 bridgehead atoms. The Morgan fingerprint density at radius 1 is 1.35 bits per heavy atom. The van der Waals surface area contributed by atoms with Crippen LogP contribution in [0.4, 0.5) is 5.69 Å². The van der Waals surface area contributed by atoms with Crippen LogP contribution in [0.25, 0.3) is 0 Å². The van der Waals surface area contributed by atoms with Gasteiger partial charge in [-0.1, -0.05) is 15.9 Å². The molecule has 0 spiro atoms. The third-order valence-corrected chi connectivity index (χ3v) is 2.55. The standard InChI is InChI=1S/C11H10BrNO4/c1-17-11(16)6-13(10(15)7-14)9-4-2-8(12)3-5-9/h2-5,7H,6H2,1H3. The van der Waals surface area contributed by atoms with Gasteiger partial charge in [-0.3, -0.25) is 19.3 Å². The van der Waals surface area contributed by atoms with E-state index in [1.165, 1.54) is 7.11 Å². The molecule has 1 aromatic rings. The van der Waals surface area contributed by atoms with Gasteiger partial charge in [-0.05, 0) is 24.3 Å². The number of halogens is 1. The van der Waals surface area contributed by atoms with E-state index in [1.54, 1.807) is 24.3 Å². The summed E-state index contributed by atoms with van der Waals surface area (Å²) < 4.78 is 5.29. The fourth-order valence-corrected chi connectivity index (χ4v) is 1.44. The predicted octanol–water partition coefficient (Wildman–Crippen LogP) is 1.15. The molecule has 0 saturated carbocycles. The van der Waals surface area contributed by atoms with Crippen molar-refractivity contribution in [3.05, 3.63) is 28.7 Å². The molecule has 0 N–H and O–H groups in total. The average Bonchev–Trinajstić information content (AvgIpc) is 2.36. The smallest absolute Gasteiger partial charge is 0.325 e. The topological polar surface area (TPSA) is 63.7 Å². The lowest BCUT2D eigenvalue weighted by Crippen LogP contribution is -2.36. The van der Waals surface area contributed by atoms with Crippen molar-refractivity contribution in [1.29, 1.82) is 0 Å². The maximum Gasteiger partial charge on any atom is 0.325 e. The summed E-state index contributed by atoms with van der Waals surface area (Å²) in [6, 6.07) is 6.65. The Morgan fingerprint density at radius 3 is 2.41 bits per heavy atom. The van der Waals surface area contributed by atoms with Crippen molar-refractivity contribution in [2.75, 3.05) is 18.6 Å². The van der Waals surface area contributed by atoms with Crippen LogP contribution in [0, 0.1) is 0 Å². The first kappa shape index (κ1) is 13.4. The number of amides is 1. The first-order valence-electron chi connectivity index (χ1n) is 4.67. The van der Waals surface area contributed by atoms with Crippen molar-refractivity contribution in [3.8, 4) is 0 Å². The third-order valence-electron chi connectivity index (χ3n) is 2.02. The van der Waals surface area contributed by atoms with E-state index < -0.39 is 11.9 Å². The molecule has 1 rings (SSSR count). The zero-order valence-corrected chi connectivity index (χ0v) is 10.6. The van der Waals surface area contributed by atoms with Crippen molar-refractivity contribution in [2.24, 2.45) is 0 Å². The van der Waals surface area contributed by atoms with Crippen molar-refractivity contribution in [3.63, 3.8) is 0 Å². The third kappa shape index (κ3) is 3.67. The Bertz CT molecular complexity index is 430. The maximum atomic E-state index is 11.4. The Kier molecular flexibility index (Phi) is 4.84. The van der Waals surface area contributed by atoms with E-state index in [0.717, 1.165) is 9.37 Å². The van der Waals surface area contributed by atoms with Crippen LogP contribution in [0.1, 0.15) is 0 Å². The first-order valence-corrected chi connectivity index (χ1v) is 5.47. The highest BCUT2D eigenvalue weighted by Gasteiger charge is 2.18. The summed E-state index contributed by atoms with van der Waals surface area (Å²) in [6.07, 6.45) is 0.158. The van der Waals surface area contributed by atoms with Crippen LogP contribution in [0.15, 0.2) is 28.7 Å². The van der Waals surface area contributed by atoms with Gasteiger partial charge in [-0.2, -0.15) is 0 Å². The molecule has 0 heterocycles. The molecule has 0 saturated heterocycles. The summed E-state index contributed by atoms with van der Waals surface area (Å²) in [7, 11) is 1.22. The SMILES string of the molecule is COC(=O)CN(C(=O)C=O)c1ccc(Br)cc1. The van der Waals surface area contributed by atoms with Gasteiger partial charge >= 0.3 is 5.97 Å². The number of esters is 1. The summed E-state index contributed by atoms with van der Waals surface area (Å²) in [5.41, 5.74) is 0.454. The van der Waals surface area contributed by atoms with Gasteiger partial charge in [0.15, 0.2) is 0 Å². The molecule has 0 aliphatic carbocycles. The van der Waals surface area contributed by atoms with Crippen molar-refractivity contribution >= 4 is 39.8 Å². The first-order chi connectivity index (χ1) is 8.08. The molecule has 0 aromatic heterocycles. The molecule has 5 nitrogen and oxygen atoms in total. The molecule has 17 heavy (non-hydrogen) atoms. The van der Waals surface area contributed by atoms with Crippen LogP contribution in [0.3, 0.4) is 0 Å². The summed E-state index contributed by atoms with van der Waals surface area (Å²) in [5.74, 6) is -1.39. The fraction of sp³-hybridized carbons (Fsp3) is 0.182. The number of methoxy groups -OCH3 is 1. The van der Waals surface area contributed by atoms with Crippen LogP contribution in [-0.4, -0.2) is 31.8 Å². The van der Waals surface area contributed by atoms with Gasteiger partial charge in [-0.15, -0.1) is 0 Å². The second kappa shape index (κ2) is 6.15. The van der Waals surface area contributed by atoms with Crippen LogP contribution < -0.4 is 4.90 Å². The van der Waals surface area contributed by atoms with E-state index in [0.29, 0.717) is 5.69 Å². The number of hydrogen-bond acceptors (Lipinski definition) is 4. The molecule has 1 aromatic carbocycles. The normalized spacial score (nSPS) is 9.53. The molecular weight excluding hydrogens is 290 g/mol. The number of aldehydes is 1. The number of benzene rings is 1. The van der Waals surface area contributed by atoms with E-state index in [-0.39, 0.29) is 12.8 Å². The minimum Gasteiger partial charge on any atom is -0.468 e. The molecule has 0 aliphatic heterocycles. The van der Waals surface area contributed by atoms with E-state index in [4.69, 9.17) is 0 Å². The number of carbonyl (C=O) groups is 3. The molecule has 0 unspecified atom stereocenters. The van der Waals surface area contributed by atoms with Crippen molar-refractivity contribution in [2.45, 2.75) is 0 Å². The summed E-state index contributed by atoms with van der Waals surface area (Å²) in [6.45, 7) is -0.296. The van der Waals surface area contributed by atoms with Crippen LogP contribution in [0.5, 0.6) is 0 Å². The predicted molar refractivity (Wildman–Crippen MR) is 64.6 cm³/mol.